The molecule has 2 N–H and O–H groups in total. The molecule has 0 amide bonds. The summed E-state index contributed by atoms with van der Waals surface area (Å²) < 4.78 is 13.4. The van der Waals surface area contributed by atoms with Gasteiger partial charge in [-0.05, 0) is 12.8 Å². The van der Waals surface area contributed by atoms with E-state index in [0.717, 1.165) is 66.1 Å². The highest BCUT2D eigenvalue weighted by molar-refractivity contribution is 7.51. The van der Waals surface area contributed by atoms with Crippen LogP contribution < -0.4 is 0 Å². The van der Waals surface area contributed by atoms with E-state index in [0.29, 0.717) is 6.42 Å². The van der Waals surface area contributed by atoms with E-state index >= 15 is 0 Å². The van der Waals surface area contributed by atoms with Crippen LogP contribution in [-0.2, 0) is 11.1 Å². The predicted octanol–water partition coefficient (Wildman–Crippen LogP) is 7.01. The van der Waals surface area contributed by atoms with Crippen LogP contribution in [0.3, 0.4) is 0 Å². The van der Waals surface area contributed by atoms with Crippen molar-refractivity contribution in [2.24, 2.45) is 0 Å². The minimum Gasteiger partial charge on any atom is -0.324 e. The molecule has 0 saturated carbocycles. The molecule has 0 bridgehead atoms. The molecule has 0 aliphatic carbocycles. The summed E-state index contributed by atoms with van der Waals surface area (Å²) in [6.45, 7) is 0.826. The molecule has 1 aromatic heterocycles. The summed E-state index contributed by atoms with van der Waals surface area (Å²) in [6, 6.07) is 31.0. The first-order valence-electron chi connectivity index (χ1n) is 11.8. The van der Waals surface area contributed by atoms with Crippen molar-refractivity contribution in [3.8, 4) is 33.9 Å². The number of nitrogens with zero attached hydrogens (tertiary/aromatic N) is 2. The lowest BCUT2D eigenvalue weighted by Crippen LogP contribution is -2.03. The quantitative estimate of drug-likeness (QED) is 0.181. The Morgan fingerprint density at radius 1 is 0.647 bits per heavy atom. The number of rotatable bonds is 11. The number of unbranched alkanes of at least 4 members (excludes halogenated alkanes) is 4. The maximum atomic E-state index is 11.1. The molecule has 0 fully saturated rings. The lowest BCUT2D eigenvalue weighted by atomic mass is 10.0. The van der Waals surface area contributed by atoms with Gasteiger partial charge < -0.3 is 14.4 Å². The van der Waals surface area contributed by atoms with E-state index in [4.69, 9.17) is 14.8 Å². The third-order valence-electron chi connectivity index (χ3n) is 5.93. The van der Waals surface area contributed by atoms with Crippen molar-refractivity contribution in [1.82, 2.24) is 9.55 Å². The van der Waals surface area contributed by atoms with Crippen LogP contribution in [0.25, 0.3) is 33.9 Å². The Balaban J connectivity index is 1.64. The highest BCUT2D eigenvalue weighted by Crippen LogP contribution is 2.37. The number of hydrogen-bond acceptors (Lipinski definition) is 2. The molecule has 0 aliphatic rings. The van der Waals surface area contributed by atoms with Crippen LogP contribution in [0.1, 0.15) is 32.1 Å². The summed E-state index contributed by atoms with van der Waals surface area (Å²) in [6.07, 6.45) is 4.31. The van der Waals surface area contributed by atoms with Gasteiger partial charge >= 0.3 is 7.60 Å². The molecule has 4 aromatic rings. The first kappa shape index (κ1) is 24.2. The summed E-state index contributed by atoms with van der Waals surface area (Å²) in [5.74, 6) is 0.958. The molecule has 0 unspecified atom stereocenters. The molecule has 0 atom stereocenters. The highest BCUT2D eigenvalue weighted by Gasteiger charge is 2.20. The van der Waals surface area contributed by atoms with Crippen molar-refractivity contribution in [3.05, 3.63) is 91.0 Å². The smallest absolute Gasteiger partial charge is 0.324 e. The molecule has 34 heavy (non-hydrogen) atoms. The molecule has 0 spiro atoms. The van der Waals surface area contributed by atoms with E-state index in [-0.39, 0.29) is 6.16 Å². The van der Waals surface area contributed by atoms with Crippen LogP contribution in [0.5, 0.6) is 0 Å². The summed E-state index contributed by atoms with van der Waals surface area (Å²) in [5.41, 5.74) is 5.41. The zero-order valence-corrected chi connectivity index (χ0v) is 20.1. The predicted molar refractivity (Wildman–Crippen MR) is 139 cm³/mol. The Morgan fingerprint density at radius 2 is 1.15 bits per heavy atom. The molecule has 4 rings (SSSR count). The van der Waals surface area contributed by atoms with Gasteiger partial charge in [0.15, 0.2) is 0 Å². The molecule has 0 radical (unpaired) electrons. The Hall–Kier alpha value is -2.98. The highest BCUT2D eigenvalue weighted by atomic mass is 31.2. The minimum atomic E-state index is -3.89. The number of aromatic nitrogens is 2. The van der Waals surface area contributed by atoms with E-state index in [1.807, 2.05) is 42.5 Å². The second-order valence-electron chi connectivity index (χ2n) is 8.54. The third-order valence-corrected chi connectivity index (χ3v) is 6.82. The fraction of sp³-hybridized carbons (Fsp3) is 0.250. The van der Waals surface area contributed by atoms with Crippen LogP contribution in [0.15, 0.2) is 91.0 Å². The van der Waals surface area contributed by atoms with Crippen LogP contribution in [0.4, 0.5) is 0 Å². The fourth-order valence-corrected chi connectivity index (χ4v) is 4.92. The van der Waals surface area contributed by atoms with Crippen molar-refractivity contribution < 1.29 is 14.4 Å². The van der Waals surface area contributed by atoms with Crippen molar-refractivity contribution in [2.45, 2.75) is 38.6 Å². The van der Waals surface area contributed by atoms with Crippen molar-refractivity contribution in [2.75, 3.05) is 6.16 Å². The van der Waals surface area contributed by atoms with E-state index in [1.54, 1.807) is 0 Å². The standard InChI is InChI=1S/C28H31N2O3P/c31-34(32,33)22-14-3-1-2-13-21-30-27(24-17-9-5-10-18-24)26(23-15-7-4-8-16-23)29-28(30)25-19-11-6-12-20-25/h4-12,15-20H,1-3,13-14,21-22H2,(H2,31,32,33). The largest absolute Gasteiger partial charge is 0.325 e. The Kier molecular flexibility index (Phi) is 8.12. The van der Waals surface area contributed by atoms with Gasteiger partial charge in [-0.2, -0.15) is 0 Å². The third kappa shape index (κ3) is 6.32. The average Bonchev–Trinajstić information content (AvgIpc) is 3.24. The number of hydrogen-bond donors (Lipinski definition) is 2. The lowest BCUT2D eigenvalue weighted by molar-refractivity contribution is 0.370. The van der Waals surface area contributed by atoms with Crippen LogP contribution in [-0.4, -0.2) is 25.5 Å². The van der Waals surface area contributed by atoms with Crippen molar-refractivity contribution in [1.29, 1.82) is 0 Å². The van der Waals surface area contributed by atoms with Gasteiger partial charge in [0.25, 0.3) is 0 Å². The maximum absolute atomic E-state index is 11.1. The topological polar surface area (TPSA) is 75.3 Å². The van der Waals surface area contributed by atoms with Crippen molar-refractivity contribution in [3.63, 3.8) is 0 Å². The summed E-state index contributed by atoms with van der Waals surface area (Å²) >= 11 is 0. The molecule has 3 aromatic carbocycles. The van der Waals surface area contributed by atoms with E-state index in [1.165, 1.54) is 0 Å². The molecular weight excluding hydrogens is 443 g/mol. The SMILES string of the molecule is O=P(O)(O)CCCCCCCn1c(-c2ccccc2)nc(-c2ccccc2)c1-c1ccccc1. The van der Waals surface area contributed by atoms with Gasteiger partial charge in [-0.3, -0.25) is 4.57 Å². The maximum Gasteiger partial charge on any atom is 0.325 e. The average molecular weight is 475 g/mol. The summed E-state index contributed by atoms with van der Waals surface area (Å²) in [5, 5.41) is 0. The van der Waals surface area contributed by atoms with Gasteiger partial charge in [0.05, 0.1) is 11.4 Å². The zero-order valence-electron chi connectivity index (χ0n) is 19.3. The second-order valence-corrected chi connectivity index (χ2v) is 10.3. The zero-order chi connectivity index (χ0) is 23.8. The van der Waals surface area contributed by atoms with Gasteiger partial charge in [-0.25, -0.2) is 4.98 Å². The molecule has 176 valence electrons. The molecule has 0 aliphatic heterocycles. The Bertz CT molecular complexity index is 1220. The minimum absolute atomic E-state index is 0.0226. The Labute approximate surface area is 201 Å². The molecule has 6 heteroatoms. The molecule has 0 saturated heterocycles. The van der Waals surface area contributed by atoms with E-state index < -0.39 is 7.60 Å². The summed E-state index contributed by atoms with van der Waals surface area (Å²) in [7, 11) is -3.89. The van der Waals surface area contributed by atoms with Gasteiger partial charge in [0, 0.05) is 29.4 Å². The lowest BCUT2D eigenvalue weighted by Gasteiger charge is -2.14. The molecule has 5 nitrogen and oxygen atoms in total. The number of imidazole rings is 1. The Morgan fingerprint density at radius 3 is 1.74 bits per heavy atom. The molecule has 1 heterocycles. The van der Waals surface area contributed by atoms with Crippen molar-refractivity contribution >= 4 is 7.60 Å². The van der Waals surface area contributed by atoms with Crippen LogP contribution >= 0.6 is 7.60 Å². The van der Waals surface area contributed by atoms with Gasteiger partial charge in [-0.1, -0.05) is 110 Å². The van der Waals surface area contributed by atoms with Gasteiger partial charge in [0.2, 0.25) is 0 Å². The fourth-order valence-electron chi connectivity index (χ4n) is 4.28. The number of benzene rings is 3. The van der Waals surface area contributed by atoms with E-state index in [9.17, 15) is 4.57 Å². The monoisotopic (exact) mass is 474 g/mol. The van der Waals surface area contributed by atoms with Crippen LogP contribution in [0, 0.1) is 0 Å². The first-order chi connectivity index (χ1) is 16.5. The normalized spacial score (nSPS) is 11.6. The van der Waals surface area contributed by atoms with E-state index in [2.05, 4.69) is 53.1 Å². The summed E-state index contributed by atoms with van der Waals surface area (Å²) in [4.78, 5) is 23.2. The van der Waals surface area contributed by atoms with Gasteiger partial charge in [-0.15, -0.1) is 0 Å². The van der Waals surface area contributed by atoms with Gasteiger partial charge in [0.1, 0.15) is 5.82 Å². The molecular formula is C28H31N2O3P. The van der Waals surface area contributed by atoms with Crippen LogP contribution in [0.2, 0.25) is 0 Å². The second kappa shape index (κ2) is 11.4. The first-order valence-corrected chi connectivity index (χ1v) is 13.6.